The Hall–Kier alpha value is -1.48. The lowest BCUT2D eigenvalue weighted by molar-refractivity contribution is 0.198. The first kappa shape index (κ1) is 13.9. The Morgan fingerprint density at radius 1 is 1.37 bits per heavy atom. The summed E-state index contributed by atoms with van der Waals surface area (Å²) >= 11 is 0. The molecule has 2 atom stereocenters. The Morgan fingerprint density at radius 3 is 2.68 bits per heavy atom. The molecular weight excluding hydrogens is 240 g/mol. The zero-order valence-corrected chi connectivity index (χ0v) is 11.7. The molecule has 0 aromatic heterocycles. The smallest absolute Gasteiger partial charge is 0.161 e. The molecule has 0 saturated heterocycles. The number of methoxy groups -OCH3 is 2. The monoisotopic (exact) mass is 262 g/mol. The third-order valence-corrected chi connectivity index (χ3v) is 3.88. The van der Waals surface area contributed by atoms with Crippen LogP contribution in [0.15, 0.2) is 24.8 Å². The second-order valence-corrected chi connectivity index (χ2v) is 5.03. The largest absolute Gasteiger partial charge is 0.493 e. The van der Waals surface area contributed by atoms with Gasteiger partial charge in [0.1, 0.15) is 0 Å². The van der Waals surface area contributed by atoms with Crippen molar-refractivity contribution in [1.82, 2.24) is 0 Å². The first-order valence-corrected chi connectivity index (χ1v) is 6.75. The van der Waals surface area contributed by atoms with E-state index in [1.165, 1.54) is 11.1 Å². The van der Waals surface area contributed by atoms with E-state index < -0.39 is 6.10 Å². The zero-order chi connectivity index (χ0) is 13.8. The maximum atomic E-state index is 9.79. The number of ether oxygens (including phenoxy) is 2. The average molecular weight is 262 g/mol. The predicted molar refractivity (Wildman–Crippen MR) is 76.0 cm³/mol. The summed E-state index contributed by atoms with van der Waals surface area (Å²) in [7, 11) is 3.31. The number of hydrogen-bond donors (Lipinski definition) is 1. The molecule has 0 aliphatic heterocycles. The van der Waals surface area contributed by atoms with Gasteiger partial charge in [0, 0.05) is 0 Å². The Bertz CT molecular complexity index is 454. The molecule has 0 spiro atoms. The number of aliphatic hydroxyl groups is 1. The molecule has 1 unspecified atom stereocenters. The van der Waals surface area contributed by atoms with Crippen molar-refractivity contribution in [2.45, 2.75) is 37.7 Å². The van der Waals surface area contributed by atoms with Crippen LogP contribution in [0.5, 0.6) is 11.5 Å². The topological polar surface area (TPSA) is 38.7 Å². The number of hydrogen-bond acceptors (Lipinski definition) is 3. The number of aryl methyl sites for hydroxylation is 1. The van der Waals surface area contributed by atoms with Gasteiger partial charge < -0.3 is 14.6 Å². The lowest BCUT2D eigenvalue weighted by atomic mass is 9.79. The van der Waals surface area contributed by atoms with Gasteiger partial charge in [-0.05, 0) is 54.9 Å². The summed E-state index contributed by atoms with van der Waals surface area (Å²) in [5, 5.41) is 9.79. The summed E-state index contributed by atoms with van der Waals surface area (Å²) in [6.07, 6.45) is 5.21. The molecule has 1 N–H and O–H groups in total. The molecule has 1 aromatic carbocycles. The SMILES string of the molecule is C=CC(O)C[C@H]1CCCc2cc(OC)c(OC)cc21. The summed E-state index contributed by atoms with van der Waals surface area (Å²) in [5.74, 6) is 1.92. The molecular formula is C16H22O3. The molecule has 1 aliphatic carbocycles. The van der Waals surface area contributed by atoms with Crippen molar-refractivity contribution in [2.75, 3.05) is 14.2 Å². The van der Waals surface area contributed by atoms with Crippen molar-refractivity contribution in [3.8, 4) is 11.5 Å². The van der Waals surface area contributed by atoms with Gasteiger partial charge in [-0.15, -0.1) is 6.58 Å². The van der Waals surface area contributed by atoms with Crippen LogP contribution in [0.25, 0.3) is 0 Å². The van der Waals surface area contributed by atoms with Crippen LogP contribution in [-0.4, -0.2) is 25.4 Å². The van der Waals surface area contributed by atoms with Gasteiger partial charge in [0.15, 0.2) is 11.5 Å². The Kier molecular flexibility index (Phi) is 4.48. The van der Waals surface area contributed by atoms with Gasteiger partial charge in [-0.1, -0.05) is 6.08 Å². The molecule has 2 rings (SSSR count). The molecule has 3 heteroatoms. The van der Waals surface area contributed by atoms with Crippen molar-refractivity contribution in [2.24, 2.45) is 0 Å². The molecule has 0 fully saturated rings. The number of fused-ring (bicyclic) bond motifs is 1. The van der Waals surface area contributed by atoms with Crippen LogP contribution in [0.1, 0.15) is 36.3 Å². The number of aliphatic hydroxyl groups excluding tert-OH is 1. The summed E-state index contributed by atoms with van der Waals surface area (Å²) < 4.78 is 10.7. The van der Waals surface area contributed by atoms with Crippen molar-refractivity contribution in [3.05, 3.63) is 35.9 Å². The summed E-state index contributed by atoms with van der Waals surface area (Å²) in [4.78, 5) is 0. The van der Waals surface area contributed by atoms with Crippen LogP contribution in [-0.2, 0) is 6.42 Å². The predicted octanol–water partition coefficient (Wildman–Crippen LogP) is 3.06. The van der Waals surface area contributed by atoms with Gasteiger partial charge in [-0.3, -0.25) is 0 Å². The second kappa shape index (κ2) is 6.11. The molecule has 1 aliphatic rings. The standard InChI is InChI=1S/C16H22O3/c1-4-13(17)8-11-6-5-7-12-9-15(18-2)16(19-3)10-14(11)12/h4,9-11,13,17H,1,5-8H2,2-3H3/t11-,13?/m1/s1. The molecule has 1 aromatic rings. The second-order valence-electron chi connectivity index (χ2n) is 5.03. The Morgan fingerprint density at radius 2 is 2.05 bits per heavy atom. The minimum Gasteiger partial charge on any atom is -0.493 e. The van der Waals surface area contributed by atoms with E-state index in [4.69, 9.17) is 9.47 Å². The highest BCUT2D eigenvalue weighted by molar-refractivity contribution is 5.49. The van der Waals surface area contributed by atoms with Crippen molar-refractivity contribution >= 4 is 0 Å². The average Bonchev–Trinajstić information content (AvgIpc) is 2.45. The fourth-order valence-corrected chi connectivity index (χ4v) is 2.86. The van der Waals surface area contributed by atoms with Crippen LogP contribution in [0.3, 0.4) is 0 Å². The van der Waals surface area contributed by atoms with E-state index in [0.717, 1.165) is 37.2 Å². The minimum absolute atomic E-state index is 0.372. The highest BCUT2D eigenvalue weighted by Gasteiger charge is 2.24. The molecule has 3 nitrogen and oxygen atoms in total. The summed E-state index contributed by atoms with van der Waals surface area (Å²) in [5.41, 5.74) is 2.59. The van der Waals surface area contributed by atoms with Gasteiger partial charge in [-0.25, -0.2) is 0 Å². The van der Waals surface area contributed by atoms with E-state index in [-0.39, 0.29) is 0 Å². The first-order valence-electron chi connectivity index (χ1n) is 6.75. The van der Waals surface area contributed by atoms with Crippen LogP contribution < -0.4 is 9.47 Å². The molecule has 0 amide bonds. The summed E-state index contributed by atoms with van der Waals surface area (Å²) in [6.45, 7) is 3.65. The molecule has 19 heavy (non-hydrogen) atoms. The van der Waals surface area contributed by atoms with E-state index >= 15 is 0 Å². The van der Waals surface area contributed by atoms with Crippen molar-refractivity contribution in [3.63, 3.8) is 0 Å². The van der Waals surface area contributed by atoms with Crippen LogP contribution >= 0.6 is 0 Å². The van der Waals surface area contributed by atoms with Gasteiger partial charge in [0.2, 0.25) is 0 Å². The van der Waals surface area contributed by atoms with Crippen molar-refractivity contribution in [1.29, 1.82) is 0 Å². The van der Waals surface area contributed by atoms with Crippen LogP contribution in [0.2, 0.25) is 0 Å². The van der Waals surface area contributed by atoms with Crippen LogP contribution in [0, 0.1) is 0 Å². The van der Waals surface area contributed by atoms with Gasteiger partial charge in [0.25, 0.3) is 0 Å². The molecule has 0 heterocycles. The molecule has 0 saturated carbocycles. The van der Waals surface area contributed by atoms with E-state index in [1.807, 2.05) is 0 Å². The van der Waals surface area contributed by atoms with E-state index in [2.05, 4.69) is 18.7 Å². The normalized spacial score (nSPS) is 19.4. The zero-order valence-electron chi connectivity index (χ0n) is 11.7. The molecule has 0 bridgehead atoms. The summed E-state index contributed by atoms with van der Waals surface area (Å²) in [6, 6.07) is 4.13. The maximum Gasteiger partial charge on any atom is 0.161 e. The lowest BCUT2D eigenvalue weighted by Crippen LogP contribution is -2.15. The lowest BCUT2D eigenvalue weighted by Gasteiger charge is -2.27. The third-order valence-electron chi connectivity index (χ3n) is 3.88. The van der Waals surface area contributed by atoms with Gasteiger partial charge in [-0.2, -0.15) is 0 Å². The first-order chi connectivity index (χ1) is 9.19. The fraction of sp³-hybridized carbons (Fsp3) is 0.500. The molecule has 0 radical (unpaired) electrons. The fourth-order valence-electron chi connectivity index (χ4n) is 2.86. The van der Waals surface area contributed by atoms with Crippen molar-refractivity contribution < 1.29 is 14.6 Å². The quantitative estimate of drug-likeness (QED) is 0.829. The van der Waals surface area contributed by atoms with Crippen LogP contribution in [0.4, 0.5) is 0 Å². The van der Waals surface area contributed by atoms with E-state index in [1.54, 1.807) is 20.3 Å². The van der Waals surface area contributed by atoms with Gasteiger partial charge in [0.05, 0.1) is 20.3 Å². The highest BCUT2D eigenvalue weighted by Crippen LogP contribution is 2.40. The van der Waals surface area contributed by atoms with E-state index in [0.29, 0.717) is 5.92 Å². The third kappa shape index (κ3) is 2.92. The number of benzene rings is 1. The maximum absolute atomic E-state index is 9.79. The highest BCUT2D eigenvalue weighted by atomic mass is 16.5. The number of rotatable bonds is 5. The Labute approximate surface area is 114 Å². The molecule has 104 valence electrons. The van der Waals surface area contributed by atoms with Gasteiger partial charge >= 0.3 is 0 Å². The Balaban J connectivity index is 2.34. The minimum atomic E-state index is -0.441. The van der Waals surface area contributed by atoms with E-state index in [9.17, 15) is 5.11 Å².